The summed E-state index contributed by atoms with van der Waals surface area (Å²) < 4.78 is 0. The third-order valence-electron chi connectivity index (χ3n) is 5.14. The van der Waals surface area contributed by atoms with Crippen molar-refractivity contribution in [1.82, 2.24) is 5.43 Å². The molecule has 1 heterocycles. The van der Waals surface area contributed by atoms with Crippen molar-refractivity contribution in [1.29, 1.82) is 0 Å². The molecule has 2 nitrogen and oxygen atoms in total. The number of nitrogens with one attached hydrogen (secondary N) is 1. The van der Waals surface area contributed by atoms with Crippen LogP contribution in [0.5, 0.6) is 0 Å². The largest absolute Gasteiger partial charge is 0.271 e. The molecule has 3 heteroatoms. The lowest BCUT2D eigenvalue weighted by Gasteiger charge is -2.16. The predicted molar refractivity (Wildman–Crippen MR) is 83.6 cm³/mol. The van der Waals surface area contributed by atoms with Crippen LogP contribution in [0.4, 0.5) is 0 Å². The van der Waals surface area contributed by atoms with E-state index in [0.29, 0.717) is 17.9 Å². The number of benzene rings is 1. The number of nitrogens with two attached hydrogens (primary N) is 1. The molecule has 1 fully saturated rings. The summed E-state index contributed by atoms with van der Waals surface area (Å²) in [4.78, 5) is 1.42. The summed E-state index contributed by atoms with van der Waals surface area (Å²) in [7, 11) is 0. The van der Waals surface area contributed by atoms with Gasteiger partial charge < -0.3 is 0 Å². The number of aryl methyl sites for hydroxylation is 2. The Labute approximate surface area is 124 Å². The van der Waals surface area contributed by atoms with Gasteiger partial charge in [0.1, 0.15) is 0 Å². The Hall–Kier alpha value is -1.16. The van der Waals surface area contributed by atoms with Gasteiger partial charge in [-0.05, 0) is 65.7 Å². The van der Waals surface area contributed by atoms with Crippen molar-refractivity contribution in [3.63, 3.8) is 0 Å². The average molecular weight is 284 g/mol. The van der Waals surface area contributed by atoms with Crippen molar-refractivity contribution in [3.05, 3.63) is 57.3 Å². The number of rotatable bonds is 3. The van der Waals surface area contributed by atoms with E-state index in [-0.39, 0.29) is 0 Å². The van der Waals surface area contributed by atoms with Crippen LogP contribution >= 0.6 is 11.3 Å². The summed E-state index contributed by atoms with van der Waals surface area (Å²) in [6, 6.07) is 11.5. The number of hydrogen-bond donors (Lipinski definition) is 2. The van der Waals surface area contributed by atoms with Crippen molar-refractivity contribution in [2.24, 2.45) is 17.7 Å². The lowest BCUT2D eigenvalue weighted by atomic mass is 9.92. The van der Waals surface area contributed by atoms with E-state index < -0.39 is 0 Å². The Balaban J connectivity index is 1.67. The highest BCUT2D eigenvalue weighted by Gasteiger charge is 2.56. The lowest BCUT2D eigenvalue weighted by molar-refractivity contribution is 0.465. The van der Waals surface area contributed by atoms with Gasteiger partial charge in [0, 0.05) is 4.88 Å². The van der Waals surface area contributed by atoms with Crippen LogP contribution in [-0.2, 0) is 6.42 Å². The van der Waals surface area contributed by atoms with Gasteiger partial charge in [-0.25, -0.2) is 0 Å². The lowest BCUT2D eigenvalue weighted by Crippen LogP contribution is -2.30. The molecule has 0 radical (unpaired) electrons. The standard InChI is InChI=1S/C17H20N2S/c1-10-8-9-20-17(10)16(19-18)15-13-7-6-11-4-2-3-5-12(11)14(13)15/h2-5,8-9,13-16,19H,6-7,18H2,1H3. The highest BCUT2D eigenvalue weighted by Crippen LogP contribution is 2.64. The highest BCUT2D eigenvalue weighted by molar-refractivity contribution is 7.10. The van der Waals surface area contributed by atoms with Crippen LogP contribution in [0.3, 0.4) is 0 Å². The molecule has 1 saturated carbocycles. The normalized spacial score (nSPS) is 28.6. The van der Waals surface area contributed by atoms with Crippen LogP contribution in [-0.4, -0.2) is 0 Å². The molecule has 4 atom stereocenters. The minimum absolute atomic E-state index is 0.316. The Morgan fingerprint density at radius 1 is 1.30 bits per heavy atom. The van der Waals surface area contributed by atoms with Gasteiger partial charge in [-0.2, -0.15) is 0 Å². The molecule has 0 amide bonds. The maximum absolute atomic E-state index is 5.90. The first-order chi connectivity index (χ1) is 9.81. The first kappa shape index (κ1) is 12.6. The second-order valence-electron chi connectivity index (χ2n) is 6.12. The topological polar surface area (TPSA) is 38.0 Å². The van der Waals surface area contributed by atoms with E-state index in [2.05, 4.69) is 48.1 Å². The smallest absolute Gasteiger partial charge is 0.0592 e. The van der Waals surface area contributed by atoms with Gasteiger partial charge in [-0.1, -0.05) is 24.3 Å². The number of thiophene rings is 1. The third-order valence-corrected chi connectivity index (χ3v) is 6.24. The summed E-state index contributed by atoms with van der Waals surface area (Å²) in [5.41, 5.74) is 7.60. The second kappa shape index (κ2) is 4.69. The quantitative estimate of drug-likeness (QED) is 0.668. The molecule has 0 aliphatic heterocycles. The molecule has 1 aromatic carbocycles. The molecule has 0 saturated heterocycles. The minimum atomic E-state index is 0.316. The minimum Gasteiger partial charge on any atom is -0.271 e. The van der Waals surface area contributed by atoms with Crippen LogP contribution in [0.1, 0.15) is 39.9 Å². The van der Waals surface area contributed by atoms with E-state index in [1.54, 1.807) is 11.1 Å². The van der Waals surface area contributed by atoms with E-state index in [0.717, 1.165) is 5.92 Å². The molecule has 20 heavy (non-hydrogen) atoms. The number of hydrogen-bond acceptors (Lipinski definition) is 3. The van der Waals surface area contributed by atoms with Crippen molar-refractivity contribution in [2.75, 3.05) is 0 Å². The fraction of sp³-hybridized carbons (Fsp3) is 0.412. The fourth-order valence-electron chi connectivity index (χ4n) is 4.14. The van der Waals surface area contributed by atoms with Gasteiger partial charge in [0.05, 0.1) is 6.04 Å². The van der Waals surface area contributed by atoms with Crippen LogP contribution in [0, 0.1) is 18.8 Å². The maximum Gasteiger partial charge on any atom is 0.0592 e. The van der Waals surface area contributed by atoms with Crippen LogP contribution in [0.25, 0.3) is 0 Å². The van der Waals surface area contributed by atoms with Gasteiger partial charge in [0.25, 0.3) is 0 Å². The second-order valence-corrected chi connectivity index (χ2v) is 7.06. The molecular formula is C17H20N2S. The molecule has 2 aromatic rings. The van der Waals surface area contributed by atoms with E-state index in [4.69, 9.17) is 5.84 Å². The Kier molecular flexibility index (Phi) is 2.95. The summed E-state index contributed by atoms with van der Waals surface area (Å²) in [6.45, 7) is 2.19. The fourth-order valence-corrected chi connectivity index (χ4v) is 5.18. The molecule has 2 aliphatic rings. The Bertz CT molecular complexity index is 633. The monoisotopic (exact) mass is 284 g/mol. The van der Waals surface area contributed by atoms with Crippen molar-refractivity contribution >= 4 is 11.3 Å². The number of fused-ring (bicyclic) bond motifs is 3. The van der Waals surface area contributed by atoms with Crippen molar-refractivity contribution < 1.29 is 0 Å². The third kappa shape index (κ3) is 1.77. The molecule has 104 valence electrons. The van der Waals surface area contributed by atoms with Crippen LogP contribution in [0.2, 0.25) is 0 Å². The van der Waals surface area contributed by atoms with Crippen molar-refractivity contribution in [3.8, 4) is 0 Å². The van der Waals surface area contributed by atoms with Gasteiger partial charge in [-0.3, -0.25) is 11.3 Å². The molecular weight excluding hydrogens is 264 g/mol. The van der Waals surface area contributed by atoms with E-state index >= 15 is 0 Å². The molecule has 0 spiro atoms. The summed E-state index contributed by atoms with van der Waals surface area (Å²) in [6.07, 6.45) is 2.55. The van der Waals surface area contributed by atoms with E-state index in [1.807, 2.05) is 11.3 Å². The Morgan fingerprint density at radius 2 is 2.15 bits per heavy atom. The van der Waals surface area contributed by atoms with Crippen LogP contribution < -0.4 is 11.3 Å². The van der Waals surface area contributed by atoms with Crippen molar-refractivity contribution in [2.45, 2.75) is 31.7 Å². The van der Waals surface area contributed by atoms with Gasteiger partial charge in [0.15, 0.2) is 0 Å². The number of hydrazine groups is 1. The molecule has 1 aromatic heterocycles. The Morgan fingerprint density at radius 3 is 2.90 bits per heavy atom. The first-order valence-electron chi connectivity index (χ1n) is 7.39. The maximum atomic E-state index is 5.90. The predicted octanol–water partition coefficient (Wildman–Crippen LogP) is 3.54. The summed E-state index contributed by atoms with van der Waals surface area (Å²) in [5, 5.41) is 2.18. The van der Waals surface area contributed by atoms with Gasteiger partial charge >= 0.3 is 0 Å². The zero-order chi connectivity index (χ0) is 13.7. The molecule has 2 aliphatic carbocycles. The van der Waals surface area contributed by atoms with Gasteiger partial charge in [0.2, 0.25) is 0 Å². The van der Waals surface area contributed by atoms with Gasteiger partial charge in [-0.15, -0.1) is 11.3 Å². The van der Waals surface area contributed by atoms with E-state index in [1.165, 1.54) is 23.3 Å². The zero-order valence-electron chi connectivity index (χ0n) is 11.7. The average Bonchev–Trinajstić information content (AvgIpc) is 3.06. The SMILES string of the molecule is Cc1ccsc1C(NN)C1C2CCc3ccccc3C21. The summed E-state index contributed by atoms with van der Waals surface area (Å²) >= 11 is 1.83. The van der Waals surface area contributed by atoms with E-state index in [9.17, 15) is 0 Å². The first-order valence-corrected chi connectivity index (χ1v) is 8.27. The molecule has 3 N–H and O–H groups in total. The molecule has 0 bridgehead atoms. The highest BCUT2D eigenvalue weighted by atomic mass is 32.1. The molecule has 4 unspecified atom stereocenters. The molecule has 4 rings (SSSR count). The summed E-state index contributed by atoms with van der Waals surface area (Å²) in [5.74, 6) is 8.10. The van der Waals surface area contributed by atoms with Crippen LogP contribution in [0.15, 0.2) is 35.7 Å². The zero-order valence-corrected chi connectivity index (χ0v) is 12.5.